The monoisotopic (exact) mass is 486 g/mol. The quantitative estimate of drug-likeness (QED) is 0.262. The van der Waals surface area contributed by atoms with E-state index in [0.29, 0.717) is 16.1 Å². The van der Waals surface area contributed by atoms with E-state index < -0.39 is 21.8 Å². The predicted octanol–water partition coefficient (Wildman–Crippen LogP) is 3.55. The van der Waals surface area contributed by atoms with Crippen LogP contribution in [0.1, 0.15) is 27.6 Å². The summed E-state index contributed by atoms with van der Waals surface area (Å²) in [5.74, 6) is -1.02. The van der Waals surface area contributed by atoms with Crippen molar-refractivity contribution in [2.75, 3.05) is 5.32 Å². The molecule has 2 amide bonds. The van der Waals surface area contributed by atoms with Gasteiger partial charge in [-0.15, -0.1) is 0 Å². The first-order chi connectivity index (χ1) is 15.7. The van der Waals surface area contributed by atoms with Crippen LogP contribution in [0.5, 0.6) is 5.75 Å². The number of benzene rings is 3. The van der Waals surface area contributed by atoms with Gasteiger partial charge in [0, 0.05) is 23.1 Å². The maximum Gasteiger partial charge on any atom is 0.264 e. The summed E-state index contributed by atoms with van der Waals surface area (Å²) in [7, 11) is -3.98. The van der Waals surface area contributed by atoms with Crippen molar-refractivity contribution in [1.29, 1.82) is 0 Å². The molecule has 3 N–H and O–H groups in total. The zero-order chi connectivity index (χ0) is 24.0. The maximum atomic E-state index is 12.8. The fraction of sp³-hybridized carbons (Fsp3) is 0.0455. The standard InChI is InChI=1S/C22H18N2O7S2/c1-14(25)24-33(29,30)18-12-8-16(9-13-18)23-21(26)19-4-2-3-5-20(19)32-22(27)15-6-10-17(31-28)11-7-15/h2-13,28H,1H3,(H,23,26)(H,24,25). The summed E-state index contributed by atoms with van der Waals surface area (Å²) in [5, 5.41) is 11.0. The Hall–Kier alpha value is -3.67. The second-order valence-corrected chi connectivity index (χ2v) is 9.34. The van der Waals surface area contributed by atoms with Crippen molar-refractivity contribution in [1.82, 2.24) is 4.72 Å². The van der Waals surface area contributed by atoms with Gasteiger partial charge in [-0.3, -0.25) is 14.4 Å². The van der Waals surface area contributed by atoms with Crippen LogP contribution in [0.25, 0.3) is 0 Å². The maximum absolute atomic E-state index is 12.8. The lowest BCUT2D eigenvalue weighted by Crippen LogP contribution is -2.28. The number of amides is 2. The molecule has 0 atom stereocenters. The summed E-state index contributed by atoms with van der Waals surface area (Å²) in [5.41, 5.74) is 0.931. The summed E-state index contributed by atoms with van der Waals surface area (Å²) in [6.45, 7) is 1.09. The lowest BCUT2D eigenvalue weighted by Gasteiger charge is -2.10. The second kappa shape index (κ2) is 10.3. The van der Waals surface area contributed by atoms with E-state index in [1.54, 1.807) is 24.3 Å². The first kappa shape index (κ1) is 24.0. The number of carbonyl (C=O) groups excluding carboxylic acids is 3. The zero-order valence-corrected chi connectivity index (χ0v) is 18.8. The van der Waals surface area contributed by atoms with Crippen LogP contribution in [0.2, 0.25) is 0 Å². The van der Waals surface area contributed by atoms with Gasteiger partial charge in [-0.1, -0.05) is 12.1 Å². The van der Waals surface area contributed by atoms with E-state index >= 15 is 0 Å². The van der Waals surface area contributed by atoms with Gasteiger partial charge < -0.3 is 10.2 Å². The molecule has 0 bridgehead atoms. The first-order valence-electron chi connectivity index (χ1n) is 9.37. The van der Waals surface area contributed by atoms with E-state index in [4.69, 9.17) is 5.26 Å². The lowest BCUT2D eigenvalue weighted by molar-refractivity contribution is -0.137. The molecule has 0 heterocycles. The molecule has 0 radical (unpaired) electrons. The molecule has 3 rings (SSSR count). The van der Waals surface area contributed by atoms with Gasteiger partial charge in [0.25, 0.3) is 15.9 Å². The molecule has 0 aliphatic rings. The normalized spacial score (nSPS) is 10.8. The summed E-state index contributed by atoms with van der Waals surface area (Å²) in [6.07, 6.45) is 0. The molecule has 3 aromatic rings. The highest BCUT2D eigenvalue weighted by Crippen LogP contribution is 2.28. The Balaban J connectivity index is 1.74. The molecule has 0 spiro atoms. The molecule has 3 aromatic carbocycles. The number of sulfonamides is 1. The Labute approximate surface area is 193 Å². The van der Waals surface area contributed by atoms with E-state index in [1.807, 2.05) is 4.72 Å². The van der Waals surface area contributed by atoms with E-state index in [-0.39, 0.29) is 21.3 Å². The van der Waals surface area contributed by atoms with E-state index in [9.17, 15) is 22.8 Å². The van der Waals surface area contributed by atoms with E-state index in [2.05, 4.69) is 10.2 Å². The third-order valence-electron chi connectivity index (χ3n) is 4.23. The van der Waals surface area contributed by atoms with Crippen LogP contribution >= 0.6 is 11.8 Å². The summed E-state index contributed by atoms with van der Waals surface area (Å²) >= 11 is 0.865. The van der Waals surface area contributed by atoms with Crippen molar-refractivity contribution < 1.29 is 32.9 Å². The minimum Gasteiger partial charge on any atom is -0.340 e. The number of nitrogens with one attached hydrogen (secondary N) is 2. The highest BCUT2D eigenvalue weighted by molar-refractivity contribution is 8.14. The number of hydrogen-bond acceptors (Lipinski definition) is 8. The van der Waals surface area contributed by atoms with Gasteiger partial charge in [0.2, 0.25) is 11.0 Å². The molecule has 170 valence electrons. The van der Waals surface area contributed by atoms with Crippen molar-refractivity contribution >= 4 is 44.4 Å². The number of anilines is 1. The highest BCUT2D eigenvalue weighted by Gasteiger charge is 2.18. The minimum atomic E-state index is -3.98. The van der Waals surface area contributed by atoms with Crippen molar-refractivity contribution in [2.24, 2.45) is 0 Å². The van der Waals surface area contributed by atoms with Crippen LogP contribution in [-0.4, -0.2) is 30.6 Å². The smallest absolute Gasteiger partial charge is 0.264 e. The number of hydrogen-bond donors (Lipinski definition) is 3. The molecular weight excluding hydrogens is 468 g/mol. The molecule has 33 heavy (non-hydrogen) atoms. The third-order valence-corrected chi connectivity index (χ3v) is 6.68. The molecule has 0 aliphatic carbocycles. The Bertz CT molecular complexity index is 1290. The Morgan fingerprint density at radius 3 is 2.15 bits per heavy atom. The fourth-order valence-corrected chi connectivity index (χ4v) is 4.58. The molecular formula is C22H18N2O7S2. The summed E-state index contributed by atoms with van der Waals surface area (Å²) in [4.78, 5) is 40.8. The molecule has 0 unspecified atom stereocenters. The molecule has 0 fully saturated rings. The van der Waals surface area contributed by atoms with Crippen molar-refractivity contribution in [3.05, 3.63) is 83.9 Å². The Morgan fingerprint density at radius 1 is 0.909 bits per heavy atom. The molecule has 9 nitrogen and oxygen atoms in total. The molecule has 0 aliphatic heterocycles. The lowest BCUT2D eigenvalue weighted by atomic mass is 10.2. The average Bonchev–Trinajstić information content (AvgIpc) is 2.79. The van der Waals surface area contributed by atoms with Gasteiger partial charge in [0.15, 0.2) is 5.75 Å². The van der Waals surface area contributed by atoms with Gasteiger partial charge in [0.1, 0.15) is 0 Å². The largest absolute Gasteiger partial charge is 0.340 e. The topological polar surface area (TPSA) is 139 Å². The Kier molecular flexibility index (Phi) is 7.48. The van der Waals surface area contributed by atoms with E-state index in [1.165, 1.54) is 48.5 Å². The molecule has 11 heteroatoms. The fourth-order valence-electron chi connectivity index (χ4n) is 2.72. The van der Waals surface area contributed by atoms with Crippen LogP contribution in [0.4, 0.5) is 5.69 Å². The van der Waals surface area contributed by atoms with Crippen LogP contribution < -0.4 is 14.9 Å². The van der Waals surface area contributed by atoms with Crippen LogP contribution in [0.3, 0.4) is 0 Å². The summed E-state index contributed by atoms with van der Waals surface area (Å²) in [6, 6.07) is 17.7. The minimum absolute atomic E-state index is 0.130. The van der Waals surface area contributed by atoms with Crippen molar-refractivity contribution in [3.8, 4) is 5.75 Å². The first-order valence-corrected chi connectivity index (χ1v) is 11.7. The predicted molar refractivity (Wildman–Crippen MR) is 122 cm³/mol. The number of thioether (sulfide) groups is 1. The number of rotatable bonds is 7. The summed E-state index contributed by atoms with van der Waals surface area (Å²) < 4.78 is 25.9. The van der Waals surface area contributed by atoms with Gasteiger partial charge in [-0.05, 0) is 72.4 Å². The second-order valence-electron chi connectivity index (χ2n) is 6.64. The molecule has 0 aromatic heterocycles. The van der Waals surface area contributed by atoms with E-state index in [0.717, 1.165) is 18.7 Å². The van der Waals surface area contributed by atoms with Crippen molar-refractivity contribution in [3.63, 3.8) is 0 Å². The van der Waals surface area contributed by atoms with Crippen LogP contribution in [-0.2, 0) is 14.8 Å². The number of carbonyl (C=O) groups is 3. The average molecular weight is 487 g/mol. The van der Waals surface area contributed by atoms with Crippen molar-refractivity contribution in [2.45, 2.75) is 16.7 Å². The SMILES string of the molecule is CC(=O)NS(=O)(=O)c1ccc(NC(=O)c2ccccc2SC(=O)c2ccc(OO)cc2)cc1. The van der Waals surface area contributed by atoms with Gasteiger partial charge >= 0.3 is 0 Å². The van der Waals surface area contributed by atoms with Gasteiger partial charge in [0.05, 0.1) is 10.5 Å². The molecule has 0 saturated heterocycles. The highest BCUT2D eigenvalue weighted by atomic mass is 32.2. The third kappa shape index (κ3) is 6.19. The van der Waals surface area contributed by atoms with Gasteiger partial charge in [-0.25, -0.2) is 18.4 Å². The zero-order valence-electron chi connectivity index (χ0n) is 17.1. The van der Waals surface area contributed by atoms with Crippen LogP contribution in [0, 0.1) is 0 Å². The van der Waals surface area contributed by atoms with Crippen LogP contribution in [0.15, 0.2) is 82.6 Å². The Morgan fingerprint density at radius 2 is 1.55 bits per heavy atom. The van der Waals surface area contributed by atoms with Gasteiger partial charge in [-0.2, -0.15) is 0 Å². The molecule has 0 saturated carbocycles.